The van der Waals surface area contributed by atoms with Crippen molar-refractivity contribution in [2.45, 2.75) is 52.7 Å². The van der Waals surface area contributed by atoms with Crippen LogP contribution in [0.4, 0.5) is 0 Å². The number of rotatable bonds is 11. The molecule has 1 aromatic rings. The minimum absolute atomic E-state index is 0.00267. The molecule has 0 bridgehead atoms. The molecule has 1 rings (SSSR count). The molecule has 8 nitrogen and oxygen atoms in total. The second kappa shape index (κ2) is 11.9. The number of nitrogens with two attached hydrogens (primary N) is 1. The summed E-state index contributed by atoms with van der Waals surface area (Å²) in [6.07, 6.45) is -0.385. The molecular weight excluding hydrogens is 424 g/mol. The molecule has 0 aliphatic heterocycles. The van der Waals surface area contributed by atoms with E-state index >= 15 is 0 Å². The van der Waals surface area contributed by atoms with E-state index in [0.29, 0.717) is 17.2 Å². The lowest BCUT2D eigenvalue weighted by atomic mass is 9.93. The maximum Gasteiger partial charge on any atom is 0.347 e. The van der Waals surface area contributed by atoms with Gasteiger partial charge in [-0.3, -0.25) is 9.59 Å². The van der Waals surface area contributed by atoms with Crippen LogP contribution in [0.1, 0.15) is 39.7 Å². The monoisotopic (exact) mass is 456 g/mol. The molecule has 0 spiro atoms. The highest BCUT2D eigenvalue weighted by Gasteiger charge is 2.35. The number of amides is 1. The van der Waals surface area contributed by atoms with Crippen LogP contribution in [0.2, 0.25) is 5.02 Å². The number of methoxy groups -OCH3 is 2. The Morgan fingerprint density at radius 1 is 1.19 bits per heavy atom. The number of benzene rings is 1. The third kappa shape index (κ3) is 8.38. The Hall–Kier alpha value is -2.32. The van der Waals surface area contributed by atoms with E-state index < -0.39 is 35.4 Å². The van der Waals surface area contributed by atoms with Crippen LogP contribution in [0.5, 0.6) is 5.75 Å². The molecule has 0 aliphatic rings. The predicted octanol–water partition coefficient (Wildman–Crippen LogP) is 2.49. The van der Waals surface area contributed by atoms with E-state index in [9.17, 15) is 14.4 Å². The van der Waals surface area contributed by atoms with E-state index in [1.807, 2.05) is 13.8 Å². The molecule has 0 fully saturated rings. The molecular formula is C22H33ClN2O6. The van der Waals surface area contributed by atoms with Crippen LogP contribution >= 0.6 is 11.6 Å². The highest BCUT2D eigenvalue weighted by molar-refractivity contribution is 6.32. The van der Waals surface area contributed by atoms with Crippen molar-refractivity contribution >= 4 is 29.4 Å². The van der Waals surface area contributed by atoms with Gasteiger partial charge in [-0.15, -0.1) is 0 Å². The van der Waals surface area contributed by atoms with Gasteiger partial charge in [-0.2, -0.15) is 0 Å². The third-order valence-electron chi connectivity index (χ3n) is 4.66. The van der Waals surface area contributed by atoms with E-state index in [4.69, 9.17) is 31.5 Å². The fourth-order valence-corrected chi connectivity index (χ4v) is 3.02. The molecule has 1 amide bonds. The molecule has 0 saturated heterocycles. The van der Waals surface area contributed by atoms with Gasteiger partial charge in [0.2, 0.25) is 5.91 Å². The van der Waals surface area contributed by atoms with Gasteiger partial charge in [0.1, 0.15) is 5.75 Å². The van der Waals surface area contributed by atoms with Crippen LogP contribution in [0.15, 0.2) is 18.2 Å². The largest absolute Gasteiger partial charge is 0.495 e. The molecule has 0 unspecified atom stereocenters. The normalized spacial score (nSPS) is 13.3. The first-order valence-corrected chi connectivity index (χ1v) is 10.4. The van der Waals surface area contributed by atoms with Gasteiger partial charge in [0, 0.05) is 6.54 Å². The predicted molar refractivity (Wildman–Crippen MR) is 118 cm³/mol. The van der Waals surface area contributed by atoms with Gasteiger partial charge in [-0.25, -0.2) is 4.79 Å². The van der Waals surface area contributed by atoms with Gasteiger partial charge in [-0.1, -0.05) is 31.5 Å². The average Bonchev–Trinajstić information content (AvgIpc) is 2.70. The first kappa shape index (κ1) is 26.7. The van der Waals surface area contributed by atoms with E-state index in [1.165, 1.54) is 14.2 Å². The Labute approximate surface area is 188 Å². The summed E-state index contributed by atoms with van der Waals surface area (Å²) >= 11 is 6.10. The summed E-state index contributed by atoms with van der Waals surface area (Å²) in [5, 5.41) is 3.11. The standard InChI is InChI=1S/C22H33ClN2O6/c1-13(2)9-18(20(27)30-6)31-21(28)22(3,4)12-25-19(26)16(24)11-14-7-8-17(29-5)15(23)10-14/h7-8,10,13,16,18H,9,11-12,24H2,1-6H3,(H,25,26)/t16-,18+/m1/s1. The topological polar surface area (TPSA) is 117 Å². The van der Waals surface area contributed by atoms with Gasteiger partial charge in [0.05, 0.1) is 30.7 Å². The summed E-state index contributed by atoms with van der Waals surface area (Å²) < 4.78 is 15.2. The third-order valence-corrected chi connectivity index (χ3v) is 4.96. The number of carbonyl (C=O) groups is 3. The number of hydrogen-bond donors (Lipinski definition) is 2. The van der Waals surface area contributed by atoms with Crippen LogP contribution in [-0.4, -0.2) is 50.8 Å². The van der Waals surface area contributed by atoms with Crippen molar-refractivity contribution < 1.29 is 28.6 Å². The molecule has 31 heavy (non-hydrogen) atoms. The van der Waals surface area contributed by atoms with Crippen LogP contribution < -0.4 is 15.8 Å². The summed E-state index contributed by atoms with van der Waals surface area (Å²) in [4.78, 5) is 36.9. The Bertz CT molecular complexity index is 781. The quantitative estimate of drug-likeness (QED) is 0.491. The Kier molecular flexibility index (Phi) is 10.3. The van der Waals surface area contributed by atoms with Crippen molar-refractivity contribution in [1.29, 1.82) is 0 Å². The van der Waals surface area contributed by atoms with Crippen LogP contribution in [0, 0.1) is 11.3 Å². The molecule has 1 aromatic carbocycles. The molecule has 174 valence electrons. The fraction of sp³-hybridized carbons (Fsp3) is 0.591. The molecule has 3 N–H and O–H groups in total. The first-order chi connectivity index (χ1) is 14.4. The van der Waals surface area contributed by atoms with E-state index in [0.717, 1.165) is 5.56 Å². The van der Waals surface area contributed by atoms with Crippen LogP contribution in [0.3, 0.4) is 0 Å². The molecule has 0 aliphatic carbocycles. The zero-order chi connectivity index (χ0) is 23.8. The highest BCUT2D eigenvalue weighted by Crippen LogP contribution is 2.25. The number of nitrogens with one attached hydrogen (secondary N) is 1. The zero-order valence-corrected chi connectivity index (χ0v) is 19.7. The van der Waals surface area contributed by atoms with Gasteiger partial charge in [0.25, 0.3) is 0 Å². The minimum Gasteiger partial charge on any atom is -0.495 e. The summed E-state index contributed by atoms with van der Waals surface area (Å²) in [5.74, 6) is -0.975. The lowest BCUT2D eigenvalue weighted by Crippen LogP contribution is -2.48. The second-order valence-corrected chi connectivity index (χ2v) is 8.84. The fourth-order valence-electron chi connectivity index (χ4n) is 2.74. The smallest absolute Gasteiger partial charge is 0.347 e. The summed E-state index contributed by atoms with van der Waals surface area (Å²) in [6, 6.07) is 4.34. The number of esters is 2. The summed E-state index contributed by atoms with van der Waals surface area (Å²) in [5.41, 5.74) is 5.72. The highest BCUT2D eigenvalue weighted by atomic mass is 35.5. The number of hydrogen-bond acceptors (Lipinski definition) is 7. The Balaban J connectivity index is 2.67. The lowest BCUT2D eigenvalue weighted by Gasteiger charge is -2.27. The molecule has 0 saturated carbocycles. The van der Waals surface area contributed by atoms with E-state index in [1.54, 1.807) is 32.0 Å². The van der Waals surface area contributed by atoms with Gasteiger partial charge >= 0.3 is 11.9 Å². The number of ether oxygens (including phenoxy) is 3. The average molecular weight is 457 g/mol. The maximum absolute atomic E-state index is 12.6. The van der Waals surface area contributed by atoms with E-state index in [-0.39, 0.29) is 18.9 Å². The lowest BCUT2D eigenvalue weighted by molar-refractivity contribution is -0.173. The number of halogens is 1. The molecule has 9 heteroatoms. The van der Waals surface area contributed by atoms with Crippen molar-refractivity contribution in [1.82, 2.24) is 5.32 Å². The first-order valence-electron chi connectivity index (χ1n) is 10.1. The van der Waals surface area contributed by atoms with Gasteiger partial charge < -0.3 is 25.3 Å². The van der Waals surface area contributed by atoms with Crippen molar-refractivity contribution in [3.8, 4) is 5.75 Å². The van der Waals surface area contributed by atoms with Crippen molar-refractivity contribution in [3.05, 3.63) is 28.8 Å². The van der Waals surface area contributed by atoms with Crippen molar-refractivity contribution in [3.63, 3.8) is 0 Å². The molecule has 0 radical (unpaired) electrons. The second-order valence-electron chi connectivity index (χ2n) is 8.43. The van der Waals surface area contributed by atoms with Crippen LogP contribution in [0.25, 0.3) is 0 Å². The molecule has 0 aromatic heterocycles. The number of carbonyl (C=O) groups excluding carboxylic acids is 3. The zero-order valence-electron chi connectivity index (χ0n) is 19.0. The van der Waals surface area contributed by atoms with Gasteiger partial charge in [-0.05, 0) is 50.3 Å². The summed E-state index contributed by atoms with van der Waals surface area (Å²) in [6.45, 7) is 7.05. The Morgan fingerprint density at radius 3 is 2.35 bits per heavy atom. The van der Waals surface area contributed by atoms with Gasteiger partial charge in [0.15, 0.2) is 6.10 Å². The Morgan fingerprint density at radius 2 is 1.84 bits per heavy atom. The van der Waals surface area contributed by atoms with Crippen molar-refractivity contribution in [2.24, 2.45) is 17.1 Å². The van der Waals surface area contributed by atoms with E-state index in [2.05, 4.69) is 5.32 Å². The molecule has 2 atom stereocenters. The van der Waals surface area contributed by atoms with Crippen LogP contribution in [-0.2, 0) is 30.3 Å². The minimum atomic E-state index is -1.07. The maximum atomic E-state index is 12.6. The summed E-state index contributed by atoms with van der Waals surface area (Å²) in [7, 11) is 2.76. The van der Waals surface area contributed by atoms with Crippen molar-refractivity contribution in [2.75, 3.05) is 20.8 Å². The molecule has 0 heterocycles. The SMILES string of the molecule is COC(=O)[C@H](CC(C)C)OC(=O)C(C)(C)CNC(=O)[C@H](N)Cc1ccc(OC)c(Cl)c1.